The second-order valence-corrected chi connectivity index (χ2v) is 8.18. The van der Waals surface area contributed by atoms with Gasteiger partial charge < -0.3 is 19.9 Å². The number of phenolic OH excluding ortho intramolecular Hbond substituents is 1. The molecule has 2 aromatic heterocycles. The third kappa shape index (κ3) is 3.49. The minimum Gasteiger partial charge on any atom is -0.506 e. The Hall–Kier alpha value is -3.42. The van der Waals surface area contributed by atoms with Gasteiger partial charge in [-0.15, -0.1) is 0 Å². The van der Waals surface area contributed by atoms with Crippen molar-refractivity contribution in [1.82, 2.24) is 14.9 Å². The standard InChI is InChI=1S/C24H18ClFN4OS/c25-16-14-15(10-11-17(16)26)29-13-5-8-20(29)23-22(18-6-3-4-12-27-18)28-24(32)30(23)19-7-1-2-9-21(19)31/h1-14,22-23,31H,(H,28,32)/t22-,23+/m0/s1. The van der Waals surface area contributed by atoms with Gasteiger partial charge in [0.15, 0.2) is 5.11 Å². The molecule has 2 atom stereocenters. The van der Waals surface area contributed by atoms with Gasteiger partial charge in [0, 0.05) is 23.8 Å². The van der Waals surface area contributed by atoms with Gasteiger partial charge in [-0.25, -0.2) is 4.39 Å². The van der Waals surface area contributed by atoms with Gasteiger partial charge in [0.2, 0.25) is 0 Å². The van der Waals surface area contributed by atoms with Gasteiger partial charge in [-0.3, -0.25) is 4.98 Å². The molecule has 0 radical (unpaired) electrons. The lowest BCUT2D eigenvalue weighted by atomic mass is 10.0. The minimum atomic E-state index is -0.477. The van der Waals surface area contributed by atoms with E-state index in [0.29, 0.717) is 16.5 Å². The molecule has 0 unspecified atom stereocenters. The van der Waals surface area contributed by atoms with Crippen molar-refractivity contribution in [1.29, 1.82) is 0 Å². The maximum atomic E-state index is 13.8. The predicted octanol–water partition coefficient (Wildman–Crippen LogP) is 5.55. The van der Waals surface area contributed by atoms with Crippen molar-refractivity contribution in [2.24, 2.45) is 0 Å². The van der Waals surface area contributed by atoms with E-state index < -0.39 is 5.82 Å². The Morgan fingerprint density at radius 3 is 2.59 bits per heavy atom. The number of anilines is 1. The molecule has 32 heavy (non-hydrogen) atoms. The number of rotatable bonds is 4. The van der Waals surface area contributed by atoms with Crippen LogP contribution in [0, 0.1) is 5.82 Å². The predicted molar refractivity (Wildman–Crippen MR) is 127 cm³/mol. The molecule has 4 aromatic rings. The summed E-state index contributed by atoms with van der Waals surface area (Å²) in [5.74, 6) is -0.360. The highest BCUT2D eigenvalue weighted by atomic mass is 35.5. The van der Waals surface area contributed by atoms with Crippen LogP contribution in [0.4, 0.5) is 10.1 Å². The number of pyridine rings is 1. The highest BCUT2D eigenvalue weighted by Crippen LogP contribution is 2.44. The van der Waals surface area contributed by atoms with Crippen LogP contribution in [0.2, 0.25) is 5.02 Å². The molecule has 2 aromatic carbocycles. The molecule has 0 spiro atoms. The first-order valence-corrected chi connectivity index (χ1v) is 10.7. The molecule has 1 fully saturated rings. The zero-order valence-electron chi connectivity index (χ0n) is 16.7. The van der Waals surface area contributed by atoms with E-state index in [0.717, 1.165) is 11.4 Å². The topological polar surface area (TPSA) is 53.3 Å². The largest absolute Gasteiger partial charge is 0.506 e. The van der Waals surface area contributed by atoms with E-state index in [1.807, 2.05) is 58.1 Å². The number of benzene rings is 2. The van der Waals surface area contributed by atoms with Crippen LogP contribution < -0.4 is 10.2 Å². The number of hydrogen-bond donors (Lipinski definition) is 2. The molecule has 0 bridgehead atoms. The summed E-state index contributed by atoms with van der Waals surface area (Å²) >= 11 is 11.8. The smallest absolute Gasteiger partial charge is 0.174 e. The van der Waals surface area contributed by atoms with E-state index in [-0.39, 0.29) is 22.9 Å². The number of halogens is 2. The number of phenols is 1. The fraction of sp³-hybridized carbons (Fsp3) is 0.0833. The Kier molecular flexibility index (Phi) is 5.28. The highest BCUT2D eigenvalue weighted by Gasteiger charge is 2.42. The summed E-state index contributed by atoms with van der Waals surface area (Å²) < 4.78 is 15.7. The van der Waals surface area contributed by atoms with E-state index >= 15 is 0 Å². The fourth-order valence-electron chi connectivity index (χ4n) is 4.09. The average molecular weight is 465 g/mol. The zero-order valence-corrected chi connectivity index (χ0v) is 18.3. The summed E-state index contributed by atoms with van der Waals surface area (Å²) in [6.45, 7) is 0. The second-order valence-electron chi connectivity index (χ2n) is 7.39. The maximum absolute atomic E-state index is 13.8. The van der Waals surface area contributed by atoms with Gasteiger partial charge in [0.25, 0.3) is 0 Å². The lowest BCUT2D eigenvalue weighted by molar-refractivity contribution is 0.472. The summed E-state index contributed by atoms with van der Waals surface area (Å²) in [7, 11) is 0. The molecular formula is C24H18ClFN4OS. The van der Waals surface area contributed by atoms with Crippen molar-refractivity contribution in [2.45, 2.75) is 12.1 Å². The molecule has 0 amide bonds. The summed E-state index contributed by atoms with van der Waals surface area (Å²) in [6.07, 6.45) is 3.62. The average Bonchev–Trinajstić information content (AvgIpc) is 3.41. The molecule has 3 heterocycles. The molecule has 0 saturated carbocycles. The Morgan fingerprint density at radius 1 is 1.03 bits per heavy atom. The number of aromatic nitrogens is 2. The number of nitrogens with one attached hydrogen (secondary N) is 1. The number of aromatic hydroxyl groups is 1. The highest BCUT2D eigenvalue weighted by molar-refractivity contribution is 7.80. The first kappa shape index (κ1) is 20.5. The quantitative estimate of drug-likeness (QED) is 0.388. The number of para-hydroxylation sites is 2. The molecule has 160 valence electrons. The first-order valence-electron chi connectivity index (χ1n) is 9.96. The molecule has 1 aliphatic rings. The monoisotopic (exact) mass is 464 g/mol. The van der Waals surface area contributed by atoms with Crippen LogP contribution in [-0.2, 0) is 0 Å². The lowest BCUT2D eigenvalue weighted by Crippen LogP contribution is -2.30. The van der Waals surface area contributed by atoms with E-state index in [1.54, 1.807) is 30.5 Å². The summed E-state index contributed by atoms with van der Waals surface area (Å²) in [4.78, 5) is 6.43. The Labute approximate surface area is 194 Å². The Morgan fingerprint density at radius 2 is 1.84 bits per heavy atom. The van der Waals surface area contributed by atoms with Gasteiger partial charge in [0.05, 0.1) is 22.4 Å². The van der Waals surface area contributed by atoms with Crippen molar-refractivity contribution in [2.75, 3.05) is 4.90 Å². The molecule has 5 rings (SSSR count). The van der Waals surface area contributed by atoms with Gasteiger partial charge in [-0.1, -0.05) is 29.8 Å². The SMILES string of the molecule is Oc1ccccc1N1C(=S)N[C@@H](c2ccccn2)[C@H]1c1cccn1-c1ccc(F)c(Cl)c1. The zero-order chi connectivity index (χ0) is 22.2. The van der Waals surface area contributed by atoms with Gasteiger partial charge in [-0.05, 0) is 66.8 Å². The van der Waals surface area contributed by atoms with Crippen molar-refractivity contribution < 1.29 is 9.50 Å². The van der Waals surface area contributed by atoms with E-state index in [4.69, 9.17) is 23.8 Å². The second kappa shape index (κ2) is 8.26. The van der Waals surface area contributed by atoms with Crippen LogP contribution in [0.25, 0.3) is 5.69 Å². The van der Waals surface area contributed by atoms with Crippen molar-refractivity contribution in [3.8, 4) is 11.4 Å². The van der Waals surface area contributed by atoms with Crippen molar-refractivity contribution in [3.05, 3.63) is 107 Å². The number of hydrogen-bond acceptors (Lipinski definition) is 3. The minimum absolute atomic E-state index is 0.0426. The van der Waals surface area contributed by atoms with Gasteiger partial charge >= 0.3 is 0 Å². The van der Waals surface area contributed by atoms with E-state index in [2.05, 4.69) is 10.3 Å². The molecule has 1 saturated heterocycles. The molecule has 1 aliphatic heterocycles. The summed E-state index contributed by atoms with van der Waals surface area (Å²) in [5, 5.41) is 14.5. The van der Waals surface area contributed by atoms with Crippen molar-refractivity contribution in [3.63, 3.8) is 0 Å². The number of thiocarbonyl (C=S) groups is 1. The van der Waals surface area contributed by atoms with Crippen LogP contribution in [0.15, 0.2) is 85.2 Å². The van der Waals surface area contributed by atoms with Crippen LogP contribution in [-0.4, -0.2) is 19.8 Å². The number of nitrogens with zero attached hydrogens (tertiary/aromatic N) is 3. The Balaban J connectivity index is 1.69. The van der Waals surface area contributed by atoms with Crippen LogP contribution in [0.3, 0.4) is 0 Å². The van der Waals surface area contributed by atoms with Crippen LogP contribution >= 0.6 is 23.8 Å². The first-order chi connectivity index (χ1) is 15.5. The van der Waals surface area contributed by atoms with Crippen LogP contribution in [0.5, 0.6) is 5.75 Å². The van der Waals surface area contributed by atoms with Crippen molar-refractivity contribution >= 4 is 34.6 Å². The van der Waals surface area contributed by atoms with Crippen LogP contribution in [0.1, 0.15) is 23.5 Å². The molecular weight excluding hydrogens is 447 g/mol. The lowest BCUT2D eigenvalue weighted by Gasteiger charge is -2.29. The van der Waals surface area contributed by atoms with Gasteiger partial charge in [0.1, 0.15) is 17.6 Å². The molecule has 0 aliphatic carbocycles. The molecule has 8 heteroatoms. The van der Waals surface area contributed by atoms with Gasteiger partial charge in [-0.2, -0.15) is 0 Å². The fourth-order valence-corrected chi connectivity index (χ4v) is 4.60. The molecule has 2 N–H and O–H groups in total. The Bertz CT molecular complexity index is 1300. The normalized spacial score (nSPS) is 18.1. The summed E-state index contributed by atoms with van der Waals surface area (Å²) in [6, 6.07) is 20.6. The van der Waals surface area contributed by atoms with E-state index in [1.165, 1.54) is 6.07 Å². The molecule has 5 nitrogen and oxygen atoms in total. The maximum Gasteiger partial charge on any atom is 0.174 e. The van der Waals surface area contributed by atoms with E-state index in [9.17, 15) is 9.50 Å². The summed E-state index contributed by atoms with van der Waals surface area (Å²) in [5.41, 5.74) is 2.98. The third-order valence-electron chi connectivity index (χ3n) is 5.50. The third-order valence-corrected chi connectivity index (χ3v) is 6.11.